The summed E-state index contributed by atoms with van der Waals surface area (Å²) in [6, 6.07) is 23.9. The van der Waals surface area contributed by atoms with Crippen LogP contribution in [0.15, 0.2) is 83.7 Å². The van der Waals surface area contributed by atoms with Crippen molar-refractivity contribution in [2.75, 3.05) is 26.0 Å². The van der Waals surface area contributed by atoms with Crippen LogP contribution in [0.2, 0.25) is 0 Å². The molecule has 1 heterocycles. The van der Waals surface area contributed by atoms with Gasteiger partial charge in [-0.3, -0.25) is 9.59 Å². The van der Waals surface area contributed by atoms with Gasteiger partial charge in [0.05, 0.1) is 11.1 Å². The van der Waals surface area contributed by atoms with E-state index in [1.165, 1.54) is 10.2 Å². The predicted molar refractivity (Wildman–Crippen MR) is 124 cm³/mol. The summed E-state index contributed by atoms with van der Waals surface area (Å²) in [5.74, 6) is -0.359. The van der Waals surface area contributed by atoms with Crippen molar-refractivity contribution in [3.8, 4) is 5.69 Å². The lowest BCUT2D eigenvalue weighted by molar-refractivity contribution is 0.102. The van der Waals surface area contributed by atoms with Crippen LogP contribution < -0.4 is 10.9 Å². The summed E-state index contributed by atoms with van der Waals surface area (Å²) < 4.78 is 1.28. The molecule has 0 spiro atoms. The summed E-state index contributed by atoms with van der Waals surface area (Å²) >= 11 is 0. The Kier molecular flexibility index (Phi) is 5.91. The molecule has 4 aromatic rings. The molecular weight excluding hydrogens is 388 g/mol. The first-order valence-electron chi connectivity index (χ1n) is 10.2. The Balaban J connectivity index is 1.68. The summed E-state index contributed by atoms with van der Waals surface area (Å²) in [7, 11) is 4.08. The van der Waals surface area contributed by atoms with E-state index in [0.29, 0.717) is 22.1 Å². The van der Waals surface area contributed by atoms with Gasteiger partial charge in [-0.1, -0.05) is 48.5 Å². The fraction of sp³-hybridized carbons (Fsp3) is 0.160. The number of amides is 1. The zero-order valence-electron chi connectivity index (χ0n) is 17.6. The van der Waals surface area contributed by atoms with E-state index in [1.54, 1.807) is 36.4 Å². The summed E-state index contributed by atoms with van der Waals surface area (Å²) in [4.78, 5) is 28.2. The fourth-order valence-electron chi connectivity index (χ4n) is 3.40. The van der Waals surface area contributed by atoms with Gasteiger partial charge < -0.3 is 10.2 Å². The average molecular weight is 412 g/mol. The molecule has 6 heteroatoms. The maximum absolute atomic E-state index is 13.1. The first kappa shape index (κ1) is 20.5. The maximum Gasteiger partial charge on any atom is 0.279 e. The van der Waals surface area contributed by atoms with E-state index in [1.807, 2.05) is 56.6 Å². The summed E-state index contributed by atoms with van der Waals surface area (Å²) in [6.07, 6.45) is 0.940. The minimum atomic E-state index is -0.359. The van der Waals surface area contributed by atoms with Gasteiger partial charge in [-0.25, -0.2) is 0 Å². The average Bonchev–Trinajstić information content (AvgIpc) is 2.79. The molecule has 1 N–H and O–H groups in total. The monoisotopic (exact) mass is 412 g/mol. The van der Waals surface area contributed by atoms with Crippen LogP contribution in [0.3, 0.4) is 0 Å². The molecule has 3 aromatic carbocycles. The van der Waals surface area contributed by atoms with Crippen LogP contribution in [-0.4, -0.2) is 41.2 Å². The Hall–Kier alpha value is -3.77. The number of aromatic nitrogens is 2. The van der Waals surface area contributed by atoms with Gasteiger partial charge in [-0.05, 0) is 56.4 Å². The Morgan fingerprint density at radius 1 is 0.903 bits per heavy atom. The summed E-state index contributed by atoms with van der Waals surface area (Å²) in [6.45, 7) is 0.961. The Morgan fingerprint density at radius 3 is 2.23 bits per heavy atom. The highest BCUT2D eigenvalue weighted by molar-refractivity contribution is 6.11. The van der Waals surface area contributed by atoms with Crippen molar-refractivity contribution < 1.29 is 4.79 Å². The van der Waals surface area contributed by atoms with Crippen molar-refractivity contribution in [3.05, 3.63) is 100 Å². The SMILES string of the molecule is CN(C)CCc1ccc(NC(=O)c2nn(-c3ccccc3)c(=O)c3ccccc23)cc1. The van der Waals surface area contributed by atoms with Crippen molar-refractivity contribution in [2.45, 2.75) is 6.42 Å². The molecule has 4 rings (SSSR count). The van der Waals surface area contributed by atoms with Crippen molar-refractivity contribution in [1.29, 1.82) is 0 Å². The Bertz CT molecular complexity index is 1260. The third kappa shape index (κ3) is 4.54. The maximum atomic E-state index is 13.1. The molecule has 0 fully saturated rings. The zero-order valence-corrected chi connectivity index (χ0v) is 17.6. The topological polar surface area (TPSA) is 67.2 Å². The molecule has 156 valence electrons. The second kappa shape index (κ2) is 8.93. The minimum absolute atomic E-state index is 0.204. The van der Waals surface area contributed by atoms with Crippen molar-refractivity contribution in [3.63, 3.8) is 0 Å². The molecule has 0 aliphatic heterocycles. The largest absolute Gasteiger partial charge is 0.321 e. The molecule has 0 unspecified atom stereocenters. The molecular formula is C25H24N4O2. The number of anilines is 1. The lowest BCUT2D eigenvalue weighted by Gasteiger charge is -2.12. The van der Waals surface area contributed by atoms with E-state index in [4.69, 9.17) is 0 Å². The number of benzene rings is 3. The van der Waals surface area contributed by atoms with E-state index in [-0.39, 0.29) is 17.2 Å². The number of para-hydroxylation sites is 1. The van der Waals surface area contributed by atoms with Crippen LogP contribution >= 0.6 is 0 Å². The number of carbonyl (C=O) groups excluding carboxylic acids is 1. The predicted octanol–water partition coefficient (Wildman–Crippen LogP) is 3.74. The Labute approximate surface area is 180 Å². The van der Waals surface area contributed by atoms with Gasteiger partial charge in [0.25, 0.3) is 11.5 Å². The molecule has 0 bridgehead atoms. The van der Waals surface area contributed by atoms with Crippen LogP contribution in [-0.2, 0) is 6.42 Å². The van der Waals surface area contributed by atoms with Crippen LogP contribution in [0.1, 0.15) is 16.1 Å². The fourth-order valence-corrected chi connectivity index (χ4v) is 3.40. The third-order valence-corrected chi connectivity index (χ3v) is 5.08. The lowest BCUT2D eigenvalue weighted by Crippen LogP contribution is -2.26. The van der Waals surface area contributed by atoms with Crippen LogP contribution in [0.25, 0.3) is 16.5 Å². The number of nitrogens with zero attached hydrogens (tertiary/aromatic N) is 3. The minimum Gasteiger partial charge on any atom is -0.321 e. The molecule has 1 amide bonds. The number of rotatable bonds is 6. The third-order valence-electron chi connectivity index (χ3n) is 5.08. The van der Waals surface area contributed by atoms with Gasteiger partial charge in [0.15, 0.2) is 5.69 Å². The van der Waals surface area contributed by atoms with Crippen molar-refractivity contribution in [2.24, 2.45) is 0 Å². The van der Waals surface area contributed by atoms with E-state index in [9.17, 15) is 9.59 Å². The Morgan fingerprint density at radius 2 is 1.55 bits per heavy atom. The number of hydrogen-bond donors (Lipinski definition) is 1. The number of hydrogen-bond acceptors (Lipinski definition) is 4. The van der Waals surface area contributed by atoms with Gasteiger partial charge in [-0.15, -0.1) is 0 Å². The molecule has 6 nitrogen and oxygen atoms in total. The van der Waals surface area contributed by atoms with E-state index < -0.39 is 0 Å². The van der Waals surface area contributed by atoms with E-state index in [2.05, 4.69) is 15.3 Å². The number of likely N-dealkylation sites (N-methyl/N-ethyl adjacent to an activating group) is 1. The van der Waals surface area contributed by atoms with E-state index in [0.717, 1.165) is 13.0 Å². The number of nitrogens with one attached hydrogen (secondary N) is 1. The molecule has 0 radical (unpaired) electrons. The molecule has 0 saturated heterocycles. The second-order valence-electron chi connectivity index (χ2n) is 7.65. The van der Waals surface area contributed by atoms with Crippen LogP contribution in [0.4, 0.5) is 5.69 Å². The van der Waals surface area contributed by atoms with Gasteiger partial charge >= 0.3 is 0 Å². The molecule has 1 aromatic heterocycles. The highest BCUT2D eigenvalue weighted by Crippen LogP contribution is 2.18. The highest BCUT2D eigenvalue weighted by atomic mass is 16.2. The normalized spacial score (nSPS) is 11.1. The molecule has 0 atom stereocenters. The number of fused-ring (bicyclic) bond motifs is 1. The highest BCUT2D eigenvalue weighted by Gasteiger charge is 2.17. The second-order valence-corrected chi connectivity index (χ2v) is 7.65. The summed E-state index contributed by atoms with van der Waals surface area (Å²) in [5, 5.41) is 8.31. The van der Waals surface area contributed by atoms with Crippen molar-refractivity contribution in [1.82, 2.24) is 14.7 Å². The quantitative estimate of drug-likeness (QED) is 0.524. The standard InChI is InChI=1S/C25H24N4O2/c1-28(2)17-16-18-12-14-19(15-13-18)26-24(30)23-21-10-6-7-11-22(21)25(31)29(27-23)20-8-4-3-5-9-20/h3-15H,16-17H2,1-2H3,(H,26,30). The summed E-state index contributed by atoms with van der Waals surface area (Å²) in [5.41, 5.74) is 2.44. The first-order valence-corrected chi connectivity index (χ1v) is 10.2. The zero-order chi connectivity index (χ0) is 21.8. The van der Waals surface area contributed by atoms with Crippen LogP contribution in [0.5, 0.6) is 0 Å². The van der Waals surface area contributed by atoms with Gasteiger partial charge in [0.2, 0.25) is 0 Å². The van der Waals surface area contributed by atoms with E-state index >= 15 is 0 Å². The van der Waals surface area contributed by atoms with Gasteiger partial charge in [0, 0.05) is 17.6 Å². The smallest absolute Gasteiger partial charge is 0.279 e. The lowest BCUT2D eigenvalue weighted by atomic mass is 10.1. The van der Waals surface area contributed by atoms with Crippen LogP contribution in [0, 0.1) is 0 Å². The molecule has 0 aliphatic carbocycles. The van der Waals surface area contributed by atoms with Gasteiger partial charge in [-0.2, -0.15) is 9.78 Å². The molecule has 0 saturated carbocycles. The van der Waals surface area contributed by atoms with Crippen molar-refractivity contribution >= 4 is 22.4 Å². The number of carbonyl (C=O) groups is 1. The molecule has 31 heavy (non-hydrogen) atoms. The molecule has 0 aliphatic rings. The first-order chi connectivity index (χ1) is 15.0. The van der Waals surface area contributed by atoms with Gasteiger partial charge in [0.1, 0.15) is 0 Å².